The van der Waals surface area contributed by atoms with Crippen LogP contribution in [0.15, 0.2) is 18.3 Å². The Morgan fingerprint density at radius 3 is 2.52 bits per heavy atom. The number of halogens is 5. The van der Waals surface area contributed by atoms with Crippen molar-refractivity contribution in [3.05, 3.63) is 29.6 Å². The molecule has 3 rings (SSSR count). The Morgan fingerprint density at radius 2 is 1.90 bits per heavy atom. The summed E-state index contributed by atoms with van der Waals surface area (Å²) < 4.78 is 37.8. The first-order chi connectivity index (χ1) is 9.04. The zero-order valence-corrected chi connectivity index (χ0v) is 12.7. The molecule has 0 spiro atoms. The van der Waals surface area contributed by atoms with Gasteiger partial charge in [-0.05, 0) is 31.5 Å². The molecule has 1 saturated heterocycles. The molecule has 0 aromatic carbocycles. The highest BCUT2D eigenvalue weighted by atomic mass is 35.5. The highest BCUT2D eigenvalue weighted by Gasteiger charge is 2.31. The smallest absolute Gasteiger partial charge is 0.342 e. The molecule has 3 heterocycles. The summed E-state index contributed by atoms with van der Waals surface area (Å²) >= 11 is 0. The molecular weight excluding hydrogens is 326 g/mol. The van der Waals surface area contributed by atoms with Crippen LogP contribution in [0.4, 0.5) is 13.2 Å². The van der Waals surface area contributed by atoms with Crippen LogP contribution in [0.5, 0.6) is 0 Å². The van der Waals surface area contributed by atoms with E-state index in [1.165, 1.54) is 0 Å². The van der Waals surface area contributed by atoms with Crippen LogP contribution < -0.4 is 5.32 Å². The summed E-state index contributed by atoms with van der Waals surface area (Å²) in [6.07, 6.45) is -0.195. The minimum Gasteiger partial charge on any atom is -0.342 e. The average Bonchev–Trinajstić information content (AvgIpc) is 2.81. The van der Waals surface area contributed by atoms with Crippen LogP contribution in [0.3, 0.4) is 0 Å². The Hall–Kier alpha value is -0.980. The number of fused-ring (bicyclic) bond motifs is 1. The van der Waals surface area contributed by atoms with Crippen molar-refractivity contribution >= 4 is 35.8 Å². The number of nitrogens with one attached hydrogen (secondary N) is 2. The Balaban J connectivity index is 0.00000110. The standard InChI is InChI=1S/C13H14F3N3.2ClH/c14-13(15,16)9-5-8-6-11(19-12(8)18-7-9)10-3-1-2-4-17-10;;/h5-7,10,17H,1-4H2,(H,18,19);2*1H. The topological polar surface area (TPSA) is 40.7 Å². The van der Waals surface area contributed by atoms with E-state index in [1.807, 2.05) is 0 Å². The number of H-pyrrole nitrogens is 1. The third-order valence-electron chi connectivity index (χ3n) is 3.50. The molecule has 1 fully saturated rings. The van der Waals surface area contributed by atoms with E-state index in [0.717, 1.165) is 43.8 Å². The van der Waals surface area contributed by atoms with Gasteiger partial charge >= 0.3 is 6.18 Å². The van der Waals surface area contributed by atoms with Crippen molar-refractivity contribution in [2.75, 3.05) is 6.54 Å². The molecule has 118 valence electrons. The van der Waals surface area contributed by atoms with Crippen LogP contribution in [0.2, 0.25) is 0 Å². The molecule has 0 radical (unpaired) electrons. The fourth-order valence-corrected chi connectivity index (χ4v) is 2.50. The van der Waals surface area contributed by atoms with Crippen LogP contribution in [0.1, 0.15) is 36.6 Å². The monoisotopic (exact) mass is 341 g/mol. The predicted octanol–water partition coefficient (Wildman–Crippen LogP) is 4.24. The molecule has 0 saturated carbocycles. The Kier molecular flexibility index (Phi) is 5.90. The second-order valence-electron chi connectivity index (χ2n) is 4.89. The van der Waals surface area contributed by atoms with Gasteiger partial charge in [-0.1, -0.05) is 6.42 Å². The SMILES string of the molecule is Cl.Cl.FC(F)(F)c1cnc2[nH]c(C3CCCCN3)cc2c1. The average molecular weight is 342 g/mol. The van der Waals surface area contributed by atoms with Crippen LogP contribution in [-0.2, 0) is 6.18 Å². The number of alkyl halides is 3. The quantitative estimate of drug-likeness (QED) is 0.814. The van der Waals surface area contributed by atoms with Crippen molar-refractivity contribution in [1.82, 2.24) is 15.3 Å². The van der Waals surface area contributed by atoms with Crippen molar-refractivity contribution in [2.45, 2.75) is 31.5 Å². The lowest BCUT2D eigenvalue weighted by atomic mass is 10.0. The highest BCUT2D eigenvalue weighted by molar-refractivity contribution is 5.85. The zero-order valence-electron chi connectivity index (χ0n) is 11.0. The zero-order chi connectivity index (χ0) is 13.5. The Morgan fingerprint density at radius 1 is 1.14 bits per heavy atom. The van der Waals surface area contributed by atoms with Gasteiger partial charge < -0.3 is 10.3 Å². The van der Waals surface area contributed by atoms with E-state index in [9.17, 15) is 13.2 Å². The van der Waals surface area contributed by atoms with Gasteiger partial charge in [-0.25, -0.2) is 4.98 Å². The number of aromatic nitrogens is 2. The molecule has 0 aliphatic carbocycles. The third kappa shape index (κ3) is 3.81. The number of rotatable bonds is 1. The number of pyridine rings is 1. The van der Waals surface area contributed by atoms with Crippen LogP contribution >= 0.6 is 24.8 Å². The normalized spacial score (nSPS) is 18.9. The summed E-state index contributed by atoms with van der Waals surface area (Å²) in [5, 5.41) is 3.87. The fraction of sp³-hybridized carbons (Fsp3) is 0.462. The second kappa shape index (κ2) is 6.85. The van der Waals surface area contributed by atoms with Gasteiger partial charge in [-0.3, -0.25) is 0 Å². The third-order valence-corrected chi connectivity index (χ3v) is 3.50. The van der Waals surface area contributed by atoms with Crippen molar-refractivity contribution in [3.8, 4) is 0 Å². The first-order valence-electron chi connectivity index (χ1n) is 6.33. The number of hydrogen-bond donors (Lipinski definition) is 2. The van der Waals surface area contributed by atoms with Gasteiger partial charge in [0.05, 0.1) is 5.56 Å². The van der Waals surface area contributed by atoms with Gasteiger partial charge in [0.15, 0.2) is 0 Å². The predicted molar refractivity (Wildman–Crippen MR) is 80.2 cm³/mol. The van der Waals surface area contributed by atoms with Gasteiger partial charge in [0, 0.05) is 23.3 Å². The molecule has 0 bridgehead atoms. The molecular formula is C13H16Cl2F3N3. The first-order valence-corrected chi connectivity index (χ1v) is 6.33. The summed E-state index contributed by atoms with van der Waals surface area (Å²) in [6, 6.07) is 3.10. The van der Waals surface area contributed by atoms with E-state index in [-0.39, 0.29) is 30.9 Å². The summed E-state index contributed by atoms with van der Waals surface area (Å²) in [6.45, 7) is 0.946. The fourth-order valence-electron chi connectivity index (χ4n) is 2.50. The molecule has 21 heavy (non-hydrogen) atoms. The van der Waals surface area contributed by atoms with Gasteiger partial charge in [-0.2, -0.15) is 13.2 Å². The molecule has 1 atom stereocenters. The summed E-state index contributed by atoms with van der Waals surface area (Å²) in [5.41, 5.74) is 0.721. The van der Waals surface area contributed by atoms with Gasteiger partial charge in [-0.15, -0.1) is 24.8 Å². The number of hydrogen-bond acceptors (Lipinski definition) is 2. The molecule has 3 nitrogen and oxygen atoms in total. The van der Waals surface area contributed by atoms with E-state index in [0.29, 0.717) is 11.0 Å². The van der Waals surface area contributed by atoms with Crippen molar-refractivity contribution in [2.24, 2.45) is 0 Å². The summed E-state index contributed by atoms with van der Waals surface area (Å²) in [7, 11) is 0. The lowest BCUT2D eigenvalue weighted by Gasteiger charge is -2.22. The molecule has 8 heteroatoms. The number of aromatic amines is 1. The molecule has 1 aliphatic heterocycles. The first kappa shape index (κ1) is 18.1. The maximum Gasteiger partial charge on any atom is 0.417 e. The van der Waals surface area contributed by atoms with Crippen molar-refractivity contribution in [1.29, 1.82) is 0 Å². The minimum atomic E-state index is -4.35. The summed E-state index contributed by atoms with van der Waals surface area (Å²) in [5.74, 6) is 0. The maximum absolute atomic E-state index is 12.6. The van der Waals surface area contributed by atoms with E-state index in [2.05, 4.69) is 15.3 Å². The molecule has 1 unspecified atom stereocenters. The van der Waals surface area contributed by atoms with E-state index in [4.69, 9.17) is 0 Å². The lowest BCUT2D eigenvalue weighted by Crippen LogP contribution is -2.26. The second-order valence-corrected chi connectivity index (χ2v) is 4.89. The van der Waals surface area contributed by atoms with E-state index in [1.54, 1.807) is 6.07 Å². The van der Waals surface area contributed by atoms with Crippen LogP contribution in [-0.4, -0.2) is 16.5 Å². The van der Waals surface area contributed by atoms with Crippen molar-refractivity contribution in [3.63, 3.8) is 0 Å². The molecule has 1 aliphatic rings. The maximum atomic E-state index is 12.6. The number of nitrogens with zero attached hydrogens (tertiary/aromatic N) is 1. The Labute approximate surface area is 132 Å². The van der Waals surface area contributed by atoms with E-state index < -0.39 is 11.7 Å². The lowest BCUT2D eigenvalue weighted by molar-refractivity contribution is -0.137. The Bertz CT molecular complexity index is 592. The molecule has 2 N–H and O–H groups in total. The molecule has 2 aromatic heterocycles. The summed E-state index contributed by atoms with van der Waals surface area (Å²) in [4.78, 5) is 6.96. The minimum absolute atomic E-state index is 0. The van der Waals surface area contributed by atoms with Crippen molar-refractivity contribution < 1.29 is 13.2 Å². The van der Waals surface area contributed by atoms with Gasteiger partial charge in [0.25, 0.3) is 0 Å². The largest absolute Gasteiger partial charge is 0.417 e. The molecule has 2 aromatic rings. The molecule has 0 amide bonds. The van der Waals surface area contributed by atoms with E-state index >= 15 is 0 Å². The van der Waals surface area contributed by atoms with Crippen LogP contribution in [0, 0.1) is 0 Å². The van der Waals surface area contributed by atoms with Crippen LogP contribution in [0.25, 0.3) is 11.0 Å². The highest BCUT2D eigenvalue weighted by Crippen LogP contribution is 2.31. The van der Waals surface area contributed by atoms with Gasteiger partial charge in [0.1, 0.15) is 5.65 Å². The van der Waals surface area contributed by atoms with Gasteiger partial charge in [0.2, 0.25) is 0 Å². The number of piperidine rings is 1.